The maximum atomic E-state index is 12.6. The van der Waals surface area contributed by atoms with Crippen molar-refractivity contribution in [2.24, 2.45) is 0 Å². The third-order valence-electron chi connectivity index (χ3n) is 3.58. The Labute approximate surface area is 139 Å². The number of anilines is 1. The van der Waals surface area contributed by atoms with Gasteiger partial charge in [0, 0.05) is 19.0 Å². The van der Waals surface area contributed by atoms with E-state index in [0.717, 1.165) is 0 Å². The Morgan fingerprint density at radius 2 is 2.08 bits per heavy atom. The van der Waals surface area contributed by atoms with Crippen LogP contribution in [0.4, 0.5) is 5.69 Å². The minimum absolute atomic E-state index is 0.184. The molecule has 0 bridgehead atoms. The monoisotopic (exact) mass is 335 g/mol. The van der Waals surface area contributed by atoms with Crippen molar-refractivity contribution in [1.29, 1.82) is 0 Å². The van der Waals surface area contributed by atoms with E-state index in [-0.39, 0.29) is 29.0 Å². The molecule has 0 fully saturated rings. The maximum Gasteiger partial charge on any atom is 0.305 e. The number of nitrogen functional groups attached to an aromatic ring is 1. The smallest absolute Gasteiger partial charge is 0.305 e. The number of aryl methyl sites for hydroxylation is 1. The average Bonchev–Trinajstić information content (AvgIpc) is 2.56. The van der Waals surface area contributed by atoms with Crippen LogP contribution in [-0.2, 0) is 16.1 Å². The minimum atomic E-state index is -0.290. The Hall–Kier alpha value is -2.77. The van der Waals surface area contributed by atoms with Crippen LogP contribution in [0.15, 0.2) is 17.2 Å². The minimum Gasteiger partial charge on any atom is -0.493 e. The molecule has 0 spiro atoms. The molecule has 8 nitrogen and oxygen atoms in total. The number of carbonyl (C=O) groups is 1. The molecule has 130 valence electrons. The number of aromatic nitrogens is 2. The lowest BCUT2D eigenvalue weighted by molar-refractivity contribution is -0.143. The average molecular weight is 335 g/mol. The lowest BCUT2D eigenvalue weighted by atomic mass is 10.1. The van der Waals surface area contributed by atoms with Gasteiger partial charge in [-0.1, -0.05) is 0 Å². The molecule has 0 atom stereocenters. The van der Waals surface area contributed by atoms with E-state index in [4.69, 9.17) is 19.9 Å². The molecule has 1 aromatic heterocycles. The van der Waals surface area contributed by atoms with Gasteiger partial charge in [0.15, 0.2) is 11.5 Å². The Balaban J connectivity index is 2.34. The molecular formula is C16H21N3O5. The van der Waals surface area contributed by atoms with Gasteiger partial charge in [0.25, 0.3) is 5.56 Å². The van der Waals surface area contributed by atoms with Crippen LogP contribution < -0.4 is 20.8 Å². The molecular weight excluding hydrogens is 314 g/mol. The molecule has 0 aliphatic heterocycles. The molecule has 2 N–H and O–H groups in total. The van der Waals surface area contributed by atoms with E-state index in [1.807, 2.05) is 0 Å². The van der Waals surface area contributed by atoms with Crippen LogP contribution in [0.5, 0.6) is 11.5 Å². The van der Waals surface area contributed by atoms with Gasteiger partial charge in [0.05, 0.1) is 43.7 Å². The molecule has 0 radical (unpaired) electrons. The molecule has 2 aromatic rings. The Morgan fingerprint density at radius 1 is 1.33 bits per heavy atom. The summed E-state index contributed by atoms with van der Waals surface area (Å²) in [6.07, 6.45) is 2.14. The molecule has 1 aromatic carbocycles. The maximum absolute atomic E-state index is 12.6. The highest BCUT2D eigenvalue weighted by atomic mass is 16.5. The highest BCUT2D eigenvalue weighted by Gasteiger charge is 2.17. The SMILES string of the molecule is CCOC(=O)CCCn1cnc2cc(OC)c(OC)c(N)c2c1=O. The zero-order valence-corrected chi connectivity index (χ0v) is 14.0. The number of rotatable bonds is 7. The lowest BCUT2D eigenvalue weighted by Gasteiger charge is -2.13. The van der Waals surface area contributed by atoms with Crippen molar-refractivity contribution < 1.29 is 19.0 Å². The molecule has 0 saturated heterocycles. The van der Waals surface area contributed by atoms with Gasteiger partial charge in [0.2, 0.25) is 0 Å². The van der Waals surface area contributed by atoms with Crippen molar-refractivity contribution in [3.8, 4) is 11.5 Å². The molecule has 8 heteroatoms. The second kappa shape index (κ2) is 7.67. The first-order valence-corrected chi connectivity index (χ1v) is 7.58. The summed E-state index contributed by atoms with van der Waals surface area (Å²) in [5, 5.41) is 0.270. The van der Waals surface area contributed by atoms with Crippen LogP contribution in [0.3, 0.4) is 0 Å². The van der Waals surface area contributed by atoms with Gasteiger partial charge in [-0.05, 0) is 13.3 Å². The summed E-state index contributed by atoms with van der Waals surface area (Å²) in [5.41, 5.74) is 6.38. The number of nitrogens with zero attached hydrogens (tertiary/aromatic N) is 2. The molecule has 1 heterocycles. The van der Waals surface area contributed by atoms with Crippen LogP contribution >= 0.6 is 0 Å². The number of nitrogens with two attached hydrogens (primary N) is 1. The third-order valence-corrected chi connectivity index (χ3v) is 3.58. The fraction of sp³-hybridized carbons (Fsp3) is 0.438. The molecule has 24 heavy (non-hydrogen) atoms. The van der Waals surface area contributed by atoms with Gasteiger partial charge < -0.3 is 19.9 Å². The van der Waals surface area contributed by atoms with Crippen LogP contribution in [0, 0.1) is 0 Å². The first kappa shape index (κ1) is 17.6. The molecule has 0 aliphatic carbocycles. The standard InChI is InChI=1S/C16H21N3O5/c1-4-24-12(20)6-5-7-19-9-18-10-8-11(22-2)15(23-3)14(17)13(10)16(19)21/h8-9H,4-7,17H2,1-3H3. The third kappa shape index (κ3) is 3.42. The van der Waals surface area contributed by atoms with E-state index in [0.29, 0.717) is 36.6 Å². The fourth-order valence-electron chi connectivity index (χ4n) is 2.45. The zero-order chi connectivity index (χ0) is 17.7. The number of ether oxygens (including phenoxy) is 3. The van der Waals surface area contributed by atoms with Gasteiger partial charge in [0.1, 0.15) is 0 Å². The molecule has 0 saturated carbocycles. The van der Waals surface area contributed by atoms with Crippen molar-refractivity contribution in [1.82, 2.24) is 9.55 Å². The number of hydrogen-bond acceptors (Lipinski definition) is 7. The summed E-state index contributed by atoms with van der Waals surface area (Å²) in [4.78, 5) is 28.3. The van der Waals surface area contributed by atoms with Crippen LogP contribution in [0.25, 0.3) is 10.9 Å². The molecule has 2 rings (SSSR count). The van der Waals surface area contributed by atoms with Crippen molar-refractivity contribution in [3.05, 3.63) is 22.7 Å². The van der Waals surface area contributed by atoms with Gasteiger partial charge in [-0.2, -0.15) is 0 Å². The van der Waals surface area contributed by atoms with E-state index >= 15 is 0 Å². The number of carbonyl (C=O) groups excluding carboxylic acids is 1. The van der Waals surface area contributed by atoms with Gasteiger partial charge in [-0.3, -0.25) is 14.2 Å². The summed E-state index contributed by atoms with van der Waals surface area (Å²) in [6, 6.07) is 1.61. The number of benzene rings is 1. The Bertz CT molecular complexity index is 800. The first-order chi connectivity index (χ1) is 11.5. The van der Waals surface area contributed by atoms with E-state index < -0.39 is 0 Å². The molecule has 0 unspecified atom stereocenters. The van der Waals surface area contributed by atoms with E-state index in [1.165, 1.54) is 25.1 Å². The van der Waals surface area contributed by atoms with Crippen molar-refractivity contribution in [3.63, 3.8) is 0 Å². The van der Waals surface area contributed by atoms with E-state index in [2.05, 4.69) is 4.98 Å². The highest BCUT2D eigenvalue weighted by molar-refractivity contribution is 5.95. The van der Waals surface area contributed by atoms with E-state index in [1.54, 1.807) is 13.0 Å². The quantitative estimate of drug-likeness (QED) is 0.601. The Kier molecular flexibility index (Phi) is 5.62. The zero-order valence-electron chi connectivity index (χ0n) is 14.0. The number of hydrogen-bond donors (Lipinski definition) is 1. The van der Waals surface area contributed by atoms with Crippen LogP contribution in [-0.4, -0.2) is 36.3 Å². The van der Waals surface area contributed by atoms with Crippen LogP contribution in [0.2, 0.25) is 0 Å². The lowest BCUT2D eigenvalue weighted by Crippen LogP contribution is -2.22. The summed E-state index contributed by atoms with van der Waals surface area (Å²) < 4.78 is 16.7. The summed E-state index contributed by atoms with van der Waals surface area (Å²) in [5.74, 6) is 0.424. The predicted octanol–water partition coefficient (Wildman–Crippen LogP) is 1.34. The van der Waals surface area contributed by atoms with Crippen molar-refractivity contribution in [2.45, 2.75) is 26.3 Å². The summed E-state index contributed by atoms with van der Waals surface area (Å²) in [6.45, 7) is 2.43. The highest BCUT2D eigenvalue weighted by Crippen LogP contribution is 2.37. The number of methoxy groups -OCH3 is 2. The largest absolute Gasteiger partial charge is 0.493 e. The van der Waals surface area contributed by atoms with Gasteiger partial charge in [-0.25, -0.2) is 4.98 Å². The normalized spacial score (nSPS) is 10.6. The number of fused-ring (bicyclic) bond motifs is 1. The fourth-order valence-corrected chi connectivity index (χ4v) is 2.45. The molecule has 0 amide bonds. The number of esters is 1. The predicted molar refractivity (Wildman–Crippen MR) is 89.4 cm³/mol. The molecule has 0 aliphatic rings. The second-order valence-corrected chi connectivity index (χ2v) is 5.07. The van der Waals surface area contributed by atoms with Crippen molar-refractivity contribution >= 4 is 22.6 Å². The van der Waals surface area contributed by atoms with Gasteiger partial charge >= 0.3 is 5.97 Å². The van der Waals surface area contributed by atoms with Gasteiger partial charge in [-0.15, -0.1) is 0 Å². The van der Waals surface area contributed by atoms with Crippen molar-refractivity contribution in [2.75, 3.05) is 26.6 Å². The van der Waals surface area contributed by atoms with E-state index in [9.17, 15) is 9.59 Å². The summed E-state index contributed by atoms with van der Waals surface area (Å²) >= 11 is 0. The topological polar surface area (TPSA) is 106 Å². The first-order valence-electron chi connectivity index (χ1n) is 7.58. The summed E-state index contributed by atoms with van der Waals surface area (Å²) in [7, 11) is 2.94. The second-order valence-electron chi connectivity index (χ2n) is 5.07. The van der Waals surface area contributed by atoms with Crippen LogP contribution in [0.1, 0.15) is 19.8 Å². The Morgan fingerprint density at radius 3 is 2.71 bits per heavy atom.